The molecule has 1 aliphatic heterocycles. The summed E-state index contributed by atoms with van der Waals surface area (Å²) in [4.78, 5) is 17.3. The van der Waals surface area contributed by atoms with Gasteiger partial charge in [-0.25, -0.2) is 9.78 Å². The highest BCUT2D eigenvalue weighted by atomic mass is 32.1. The first-order valence-electron chi connectivity index (χ1n) is 6.56. The zero-order valence-corrected chi connectivity index (χ0v) is 12.7. The molecule has 0 bridgehead atoms. The Bertz CT molecular complexity index is 459. The first-order chi connectivity index (χ1) is 8.85. The number of thiazole rings is 1. The molecule has 5 nitrogen and oxygen atoms in total. The minimum absolute atomic E-state index is 0.381. The van der Waals surface area contributed by atoms with E-state index in [0.29, 0.717) is 11.2 Å². The standard InChI is InChI=1S/C13H21N3O2S/c1-8-10(9-6-5-7-14-9)19-11(15-8)16-12(17)18-13(2,3)4/h9,14H,5-7H2,1-4H3,(H,15,16,17). The number of nitrogens with one attached hydrogen (secondary N) is 2. The van der Waals surface area contributed by atoms with E-state index in [9.17, 15) is 4.79 Å². The molecule has 2 heterocycles. The quantitative estimate of drug-likeness (QED) is 0.874. The van der Waals surface area contributed by atoms with E-state index < -0.39 is 11.7 Å². The number of nitrogens with zero attached hydrogens (tertiary/aromatic N) is 1. The summed E-state index contributed by atoms with van der Waals surface area (Å²) >= 11 is 1.53. The molecule has 1 aromatic rings. The Labute approximate surface area is 117 Å². The summed E-state index contributed by atoms with van der Waals surface area (Å²) in [7, 11) is 0. The Morgan fingerprint density at radius 3 is 2.84 bits per heavy atom. The molecule has 19 heavy (non-hydrogen) atoms. The molecule has 1 atom stereocenters. The number of ether oxygens (including phenoxy) is 1. The molecule has 1 saturated heterocycles. The lowest BCUT2D eigenvalue weighted by atomic mass is 10.2. The van der Waals surface area contributed by atoms with Gasteiger partial charge in [-0.05, 0) is 47.1 Å². The van der Waals surface area contributed by atoms with Gasteiger partial charge in [0.2, 0.25) is 0 Å². The van der Waals surface area contributed by atoms with Gasteiger partial charge in [0.05, 0.1) is 5.69 Å². The maximum absolute atomic E-state index is 11.7. The molecule has 106 valence electrons. The van der Waals surface area contributed by atoms with Gasteiger partial charge in [-0.3, -0.25) is 5.32 Å². The molecule has 1 unspecified atom stereocenters. The Kier molecular flexibility index (Phi) is 4.10. The number of anilines is 1. The molecule has 2 rings (SSSR count). The van der Waals surface area contributed by atoms with Gasteiger partial charge in [0, 0.05) is 10.9 Å². The maximum Gasteiger partial charge on any atom is 0.413 e. The summed E-state index contributed by atoms with van der Waals surface area (Å²) in [6.07, 6.45) is 1.87. The summed E-state index contributed by atoms with van der Waals surface area (Å²) in [5.41, 5.74) is 0.488. The van der Waals surface area contributed by atoms with E-state index in [0.717, 1.165) is 18.7 Å². The van der Waals surface area contributed by atoms with Gasteiger partial charge in [0.15, 0.2) is 5.13 Å². The molecule has 0 aliphatic carbocycles. The Hall–Kier alpha value is -1.14. The van der Waals surface area contributed by atoms with Crippen molar-refractivity contribution in [2.24, 2.45) is 0 Å². The van der Waals surface area contributed by atoms with Crippen molar-refractivity contribution in [3.8, 4) is 0 Å². The van der Waals surface area contributed by atoms with Crippen LogP contribution in [0.2, 0.25) is 0 Å². The first-order valence-corrected chi connectivity index (χ1v) is 7.37. The molecule has 1 aliphatic rings. The number of rotatable bonds is 2. The second-order valence-electron chi connectivity index (χ2n) is 5.74. The number of amides is 1. The van der Waals surface area contributed by atoms with Crippen LogP contribution in [0.1, 0.15) is 50.2 Å². The fourth-order valence-electron chi connectivity index (χ4n) is 2.08. The molecular weight excluding hydrogens is 262 g/mol. The van der Waals surface area contributed by atoms with Crippen LogP contribution in [0.5, 0.6) is 0 Å². The largest absolute Gasteiger partial charge is 0.444 e. The van der Waals surface area contributed by atoms with Crippen molar-refractivity contribution >= 4 is 22.6 Å². The molecule has 1 amide bonds. The van der Waals surface area contributed by atoms with E-state index in [-0.39, 0.29) is 0 Å². The van der Waals surface area contributed by atoms with Gasteiger partial charge in [0.1, 0.15) is 5.60 Å². The third-order valence-electron chi connectivity index (χ3n) is 2.82. The molecule has 2 N–H and O–H groups in total. The highest BCUT2D eigenvalue weighted by Gasteiger charge is 2.23. The predicted octanol–water partition coefficient (Wildman–Crippen LogP) is 3.22. The number of carbonyl (C=O) groups is 1. The van der Waals surface area contributed by atoms with E-state index in [1.165, 1.54) is 22.6 Å². The zero-order chi connectivity index (χ0) is 14.0. The lowest BCUT2D eigenvalue weighted by Crippen LogP contribution is -2.27. The number of hydrogen-bond donors (Lipinski definition) is 2. The lowest BCUT2D eigenvalue weighted by Gasteiger charge is -2.18. The minimum Gasteiger partial charge on any atom is -0.444 e. The van der Waals surface area contributed by atoms with Crippen molar-refractivity contribution in [3.05, 3.63) is 10.6 Å². The van der Waals surface area contributed by atoms with Crippen LogP contribution >= 0.6 is 11.3 Å². The van der Waals surface area contributed by atoms with Crippen molar-refractivity contribution in [3.63, 3.8) is 0 Å². The van der Waals surface area contributed by atoms with Crippen LogP contribution in [0, 0.1) is 6.92 Å². The second-order valence-corrected chi connectivity index (χ2v) is 6.78. The molecule has 1 aromatic heterocycles. The summed E-state index contributed by atoms with van der Waals surface area (Å²) in [5, 5.41) is 6.75. The normalized spacial score (nSPS) is 19.5. The highest BCUT2D eigenvalue weighted by molar-refractivity contribution is 7.16. The van der Waals surface area contributed by atoms with Crippen LogP contribution < -0.4 is 10.6 Å². The SMILES string of the molecule is Cc1nc(NC(=O)OC(C)(C)C)sc1C1CCCN1. The van der Waals surface area contributed by atoms with Crippen LogP contribution in [0.15, 0.2) is 0 Å². The van der Waals surface area contributed by atoms with Gasteiger partial charge in [-0.1, -0.05) is 11.3 Å². The summed E-state index contributed by atoms with van der Waals surface area (Å²) in [6, 6.07) is 0.381. The second kappa shape index (κ2) is 5.46. The lowest BCUT2D eigenvalue weighted by molar-refractivity contribution is 0.0636. The number of aryl methyl sites for hydroxylation is 1. The Morgan fingerprint density at radius 1 is 1.53 bits per heavy atom. The van der Waals surface area contributed by atoms with Crippen LogP contribution in [-0.2, 0) is 4.74 Å². The molecule has 0 radical (unpaired) electrons. The molecule has 0 aromatic carbocycles. The number of hydrogen-bond acceptors (Lipinski definition) is 5. The molecule has 0 saturated carbocycles. The summed E-state index contributed by atoms with van der Waals surface area (Å²) in [6.45, 7) is 8.55. The van der Waals surface area contributed by atoms with E-state index in [2.05, 4.69) is 15.6 Å². The molecule has 1 fully saturated rings. The van der Waals surface area contributed by atoms with E-state index in [1.807, 2.05) is 27.7 Å². The van der Waals surface area contributed by atoms with Crippen molar-refractivity contribution in [1.82, 2.24) is 10.3 Å². The van der Waals surface area contributed by atoms with Gasteiger partial charge in [-0.15, -0.1) is 0 Å². The predicted molar refractivity (Wildman–Crippen MR) is 76.7 cm³/mol. The van der Waals surface area contributed by atoms with Crippen molar-refractivity contribution in [2.45, 2.75) is 52.2 Å². The molecule has 6 heteroatoms. The smallest absolute Gasteiger partial charge is 0.413 e. The van der Waals surface area contributed by atoms with E-state index >= 15 is 0 Å². The third kappa shape index (κ3) is 3.91. The van der Waals surface area contributed by atoms with Gasteiger partial charge >= 0.3 is 6.09 Å². The topological polar surface area (TPSA) is 63.2 Å². The van der Waals surface area contributed by atoms with Crippen LogP contribution in [0.25, 0.3) is 0 Å². The van der Waals surface area contributed by atoms with Gasteiger partial charge in [0.25, 0.3) is 0 Å². The van der Waals surface area contributed by atoms with Crippen LogP contribution in [0.3, 0.4) is 0 Å². The van der Waals surface area contributed by atoms with Crippen LogP contribution in [0.4, 0.5) is 9.93 Å². The molecular formula is C13H21N3O2S. The zero-order valence-electron chi connectivity index (χ0n) is 11.9. The van der Waals surface area contributed by atoms with Gasteiger partial charge < -0.3 is 10.1 Å². The van der Waals surface area contributed by atoms with Crippen molar-refractivity contribution < 1.29 is 9.53 Å². The summed E-state index contributed by atoms with van der Waals surface area (Å²) in [5.74, 6) is 0. The fourth-order valence-corrected chi connectivity index (χ4v) is 3.15. The maximum atomic E-state index is 11.7. The first kappa shape index (κ1) is 14.3. The fraction of sp³-hybridized carbons (Fsp3) is 0.692. The van der Waals surface area contributed by atoms with Crippen LogP contribution in [-0.4, -0.2) is 23.2 Å². The van der Waals surface area contributed by atoms with E-state index in [4.69, 9.17) is 4.74 Å². The summed E-state index contributed by atoms with van der Waals surface area (Å²) < 4.78 is 5.22. The number of carbonyl (C=O) groups excluding carboxylic acids is 1. The Balaban J connectivity index is 2.01. The minimum atomic E-state index is -0.494. The average Bonchev–Trinajstić information content (AvgIpc) is 2.84. The van der Waals surface area contributed by atoms with Gasteiger partial charge in [-0.2, -0.15) is 0 Å². The average molecular weight is 283 g/mol. The number of aromatic nitrogens is 1. The highest BCUT2D eigenvalue weighted by Crippen LogP contribution is 2.33. The van der Waals surface area contributed by atoms with Crippen molar-refractivity contribution in [1.29, 1.82) is 0 Å². The monoisotopic (exact) mass is 283 g/mol. The molecule has 0 spiro atoms. The third-order valence-corrected chi connectivity index (χ3v) is 4.00. The Morgan fingerprint density at radius 2 is 2.26 bits per heavy atom. The van der Waals surface area contributed by atoms with Crippen molar-refractivity contribution in [2.75, 3.05) is 11.9 Å². The van der Waals surface area contributed by atoms with E-state index in [1.54, 1.807) is 0 Å².